The van der Waals surface area contributed by atoms with Crippen LogP contribution in [0, 0.1) is 23.7 Å². The molecule has 16 atom stereocenters. The van der Waals surface area contributed by atoms with Crippen LogP contribution in [0.1, 0.15) is 126 Å². The van der Waals surface area contributed by atoms with E-state index in [-0.39, 0.29) is 44.6 Å². The molecule has 0 bridgehead atoms. The Morgan fingerprint density at radius 2 is 1.09 bits per heavy atom. The summed E-state index contributed by atoms with van der Waals surface area (Å²) in [6, 6.07) is -7.00. The zero-order valence-electron chi connectivity index (χ0n) is 51.6. The Balaban J connectivity index is 2.40. The molecular weight excluding hydrogens is 1130 g/mol. The zero-order chi connectivity index (χ0) is 65.8. The van der Waals surface area contributed by atoms with Gasteiger partial charge in [-0.2, -0.15) is 0 Å². The number of cyclic esters (lactones) is 1. The molecule has 1 aliphatic rings. The maximum atomic E-state index is 14.4. The predicted molar refractivity (Wildman–Crippen MR) is 319 cm³/mol. The lowest BCUT2D eigenvalue weighted by Crippen LogP contribution is -2.63. The summed E-state index contributed by atoms with van der Waals surface area (Å²) < 4.78 is 5.70. The third-order valence-electron chi connectivity index (χ3n) is 15.4. The number of aliphatic imine (C=N–C) groups is 1. The summed E-state index contributed by atoms with van der Waals surface area (Å²) in [6.07, 6.45) is -0.693. The van der Waals surface area contributed by atoms with Crippen molar-refractivity contribution in [3.8, 4) is 0 Å². The van der Waals surface area contributed by atoms with Crippen molar-refractivity contribution in [2.45, 2.75) is 200 Å². The monoisotopic (exact) mass is 1230 g/mol. The second-order valence-electron chi connectivity index (χ2n) is 22.2. The summed E-state index contributed by atoms with van der Waals surface area (Å²) in [7, 11) is 0. The van der Waals surface area contributed by atoms with Gasteiger partial charge in [0, 0.05) is 13.0 Å². The molecule has 1 saturated heterocycles. The Labute approximate surface area is 507 Å². The van der Waals surface area contributed by atoms with Crippen LogP contribution in [0.2, 0.25) is 0 Å². The van der Waals surface area contributed by atoms with Crippen LogP contribution in [-0.2, 0) is 68.7 Å². The molecule has 11 amide bonds. The fourth-order valence-corrected chi connectivity index (χ4v) is 8.90. The maximum absolute atomic E-state index is 14.4. The third kappa shape index (κ3) is 24.4. The summed E-state index contributed by atoms with van der Waals surface area (Å²) in [4.78, 5) is 169. The molecule has 0 aliphatic carbocycles. The first-order valence-corrected chi connectivity index (χ1v) is 29.6. The van der Waals surface area contributed by atoms with Gasteiger partial charge in [0.1, 0.15) is 66.5 Å². The SMILES string of the molecule is CC[C@H](C)[C@H](NC(=O)[C@H](N)Cc1ccccc1)C(=O)N[C@@H](CO)C(=O)N[C@H](CCC(N)=O)C(=O)N[C@@H](C(=O)N[C@H](C(=O)N[C@@H](CO)C(=O)N[C@H]1C(=O)N[C@@H](C)C(=O)N[C@@H](CCCN=C(N)N)C(=O)N[C@@H]([C@@H](C)CC)C(=O)O[C@H]1C)[C@@H](C)CC)[C@@H](C)CC. The normalized spacial score (nSPS) is 21.1. The number of aliphatic hydroxyl groups is 2. The van der Waals surface area contributed by atoms with Crippen molar-refractivity contribution in [2.75, 3.05) is 19.8 Å². The van der Waals surface area contributed by atoms with Crippen LogP contribution in [0.5, 0.6) is 0 Å². The number of amides is 11. The fourth-order valence-electron chi connectivity index (χ4n) is 8.90. The lowest BCUT2D eigenvalue weighted by Gasteiger charge is -2.31. The van der Waals surface area contributed by atoms with Crippen LogP contribution in [0.3, 0.4) is 0 Å². The highest BCUT2D eigenvalue weighted by molar-refractivity contribution is 5.99. The van der Waals surface area contributed by atoms with Crippen LogP contribution >= 0.6 is 0 Å². The van der Waals surface area contributed by atoms with Gasteiger partial charge in [0.15, 0.2) is 5.96 Å². The van der Waals surface area contributed by atoms with E-state index in [0.717, 1.165) is 5.56 Å². The summed E-state index contributed by atoms with van der Waals surface area (Å²) in [5.74, 6) is -13.7. The summed E-state index contributed by atoms with van der Waals surface area (Å²) in [5.41, 5.74) is 23.2. The van der Waals surface area contributed by atoms with Gasteiger partial charge in [-0.05, 0) is 68.8 Å². The summed E-state index contributed by atoms with van der Waals surface area (Å²) in [5, 5.41) is 46.0. The smallest absolute Gasteiger partial charge is 0.329 e. The average Bonchev–Trinajstić information content (AvgIpc) is 3.13. The van der Waals surface area contributed by atoms with E-state index in [1.165, 1.54) is 13.8 Å². The molecule has 1 aromatic carbocycles. The van der Waals surface area contributed by atoms with E-state index in [0.29, 0.717) is 12.8 Å². The van der Waals surface area contributed by atoms with E-state index in [4.69, 9.17) is 27.7 Å². The molecule has 30 heteroatoms. The molecule has 30 nitrogen and oxygen atoms in total. The Hall–Kier alpha value is -7.99. The van der Waals surface area contributed by atoms with Crippen LogP contribution in [0.4, 0.5) is 0 Å². The number of nitrogens with two attached hydrogens (primary N) is 4. The number of primary amides is 1. The lowest BCUT2D eigenvalue weighted by molar-refractivity contribution is -0.157. The van der Waals surface area contributed by atoms with E-state index >= 15 is 0 Å². The molecule has 20 N–H and O–H groups in total. The van der Waals surface area contributed by atoms with Crippen molar-refractivity contribution in [1.29, 1.82) is 0 Å². The van der Waals surface area contributed by atoms with E-state index in [1.54, 1.807) is 85.7 Å². The first kappa shape index (κ1) is 75.1. The Morgan fingerprint density at radius 1 is 0.609 bits per heavy atom. The summed E-state index contributed by atoms with van der Waals surface area (Å²) >= 11 is 0. The standard InChI is InChI=1S/C57H95N15O15/c1-11-28(5)41(68-47(77)35(58)25-34-19-16-15-17-20-34)52(82)66-38(26-73)50(80)65-37(22-23-40(59)75)49(79)69-43(30(7)13-3)54(84)70-42(29(6)12-2)53(83)67-39(27-74)51(81)72-45-33(10)87-56(86)44(31(8)14-4)71-48(78)36(21-18-24-62-57(60)61)64-46(76)32(9)63-55(45)85/h15-17,19-20,28-33,35-39,41-45,73-74H,11-14,18,21-27,58H2,1-10H3,(H2,59,75)(H,63,85)(H,64,76)(H,65,80)(H,66,82)(H,67,83)(H,68,77)(H,69,79)(H,70,84)(H,71,78)(H,72,81)(H4,60,61,62)/t28-,29-,30-,31-,32-,33-,35+,36-,37+,38-,39-,41-,42-,43+,44-,45+/m0/s1. The third-order valence-corrected chi connectivity index (χ3v) is 15.4. The molecule has 87 heavy (non-hydrogen) atoms. The zero-order valence-corrected chi connectivity index (χ0v) is 51.6. The quantitative estimate of drug-likeness (QED) is 0.0138. The number of aliphatic hydroxyl groups excluding tert-OH is 2. The maximum Gasteiger partial charge on any atom is 0.329 e. The number of benzene rings is 1. The second kappa shape index (κ2) is 37.5. The first-order valence-electron chi connectivity index (χ1n) is 29.6. The molecule has 1 heterocycles. The minimum atomic E-state index is -1.83. The van der Waals surface area contributed by atoms with E-state index in [2.05, 4.69) is 58.2 Å². The second-order valence-corrected chi connectivity index (χ2v) is 22.2. The Bertz CT molecular complexity index is 2540. The van der Waals surface area contributed by atoms with Crippen molar-refractivity contribution in [3.63, 3.8) is 0 Å². The highest BCUT2D eigenvalue weighted by atomic mass is 16.5. The van der Waals surface area contributed by atoms with Gasteiger partial charge < -0.3 is 91.1 Å². The molecule has 2 rings (SSSR count). The minimum absolute atomic E-state index is 0.0228. The molecule has 1 fully saturated rings. The van der Waals surface area contributed by atoms with Gasteiger partial charge in [-0.15, -0.1) is 0 Å². The van der Waals surface area contributed by atoms with Crippen LogP contribution in [-0.4, -0.2) is 179 Å². The van der Waals surface area contributed by atoms with Crippen molar-refractivity contribution in [2.24, 2.45) is 51.6 Å². The van der Waals surface area contributed by atoms with Gasteiger partial charge in [0.2, 0.25) is 65.0 Å². The predicted octanol–water partition coefficient (Wildman–Crippen LogP) is -4.14. The van der Waals surface area contributed by atoms with Crippen molar-refractivity contribution >= 4 is 76.9 Å². The van der Waals surface area contributed by atoms with Crippen molar-refractivity contribution in [3.05, 3.63) is 35.9 Å². The summed E-state index contributed by atoms with van der Waals surface area (Å²) in [6.45, 7) is 14.1. The number of guanidine groups is 1. The highest BCUT2D eigenvalue weighted by Gasteiger charge is 2.41. The van der Waals surface area contributed by atoms with Crippen LogP contribution < -0.4 is 76.1 Å². The molecular formula is C57H95N15O15. The molecule has 0 saturated carbocycles. The Kier molecular flexibility index (Phi) is 32.4. The van der Waals surface area contributed by atoms with E-state index in [1.807, 2.05) is 0 Å². The number of esters is 1. The highest BCUT2D eigenvalue weighted by Crippen LogP contribution is 2.17. The number of hydrogen-bond donors (Lipinski definition) is 16. The van der Waals surface area contributed by atoms with Gasteiger partial charge in [-0.25, -0.2) is 4.79 Å². The number of carbonyl (C=O) groups is 12. The molecule has 488 valence electrons. The van der Waals surface area contributed by atoms with Gasteiger partial charge in [0.25, 0.3) is 0 Å². The molecule has 0 spiro atoms. The largest absolute Gasteiger partial charge is 0.458 e. The van der Waals surface area contributed by atoms with Crippen molar-refractivity contribution in [1.82, 2.24) is 53.2 Å². The molecule has 1 aromatic rings. The van der Waals surface area contributed by atoms with Gasteiger partial charge >= 0.3 is 5.97 Å². The lowest BCUT2D eigenvalue weighted by atomic mass is 9.94. The minimum Gasteiger partial charge on any atom is -0.458 e. The van der Waals surface area contributed by atoms with E-state index < -0.39 is 193 Å². The average molecular weight is 1230 g/mol. The van der Waals surface area contributed by atoms with Crippen molar-refractivity contribution < 1.29 is 72.5 Å². The molecule has 0 unspecified atom stereocenters. The van der Waals surface area contributed by atoms with Crippen LogP contribution in [0.15, 0.2) is 35.3 Å². The number of nitrogens with zero attached hydrogens (tertiary/aromatic N) is 1. The molecule has 0 aromatic heterocycles. The van der Waals surface area contributed by atoms with Gasteiger partial charge in [-0.1, -0.05) is 111 Å². The number of hydrogen-bond acceptors (Lipinski definition) is 17. The molecule has 0 radical (unpaired) electrons. The fraction of sp³-hybridized carbons (Fsp3) is 0.667. The Morgan fingerprint density at radius 3 is 1.59 bits per heavy atom. The first-order chi connectivity index (χ1) is 41.0. The van der Waals surface area contributed by atoms with Crippen LogP contribution in [0.25, 0.3) is 0 Å². The topological polar surface area (TPSA) is 491 Å². The number of rotatable bonds is 33. The molecule has 1 aliphatic heterocycles. The van der Waals surface area contributed by atoms with Gasteiger partial charge in [-0.3, -0.25) is 57.7 Å². The number of nitrogens with one attached hydrogen (secondary N) is 10. The number of ether oxygens (including phenoxy) is 1. The van der Waals surface area contributed by atoms with Gasteiger partial charge in [0.05, 0.1) is 19.3 Å². The van der Waals surface area contributed by atoms with E-state index in [9.17, 15) is 67.7 Å². The number of carbonyl (C=O) groups excluding carboxylic acids is 12.